The maximum absolute atomic E-state index is 9.48. The zero-order valence-corrected chi connectivity index (χ0v) is 12.1. The van der Waals surface area contributed by atoms with Gasteiger partial charge in [-0.15, -0.1) is 0 Å². The summed E-state index contributed by atoms with van der Waals surface area (Å²) in [5.41, 5.74) is 3.04. The van der Waals surface area contributed by atoms with Crippen LogP contribution in [0.4, 0.5) is 5.82 Å². The van der Waals surface area contributed by atoms with Crippen LogP contribution in [-0.4, -0.2) is 35.2 Å². The molecule has 4 heteroatoms. The van der Waals surface area contributed by atoms with Gasteiger partial charge in [-0.3, -0.25) is 0 Å². The lowest BCUT2D eigenvalue weighted by molar-refractivity contribution is 0.280. The molecule has 1 aromatic rings. The van der Waals surface area contributed by atoms with E-state index in [9.17, 15) is 5.11 Å². The average molecular weight is 254 g/mol. The Hall–Kier alpha value is -0.740. The lowest BCUT2D eigenvalue weighted by Crippen LogP contribution is -2.32. The van der Waals surface area contributed by atoms with Crippen molar-refractivity contribution >= 4 is 17.6 Å². The molecule has 0 bridgehead atoms. The van der Waals surface area contributed by atoms with Crippen LogP contribution in [0.2, 0.25) is 0 Å². The average Bonchev–Trinajstić information content (AvgIpc) is 2.27. The Morgan fingerprint density at radius 1 is 1.47 bits per heavy atom. The van der Waals surface area contributed by atoms with E-state index in [4.69, 9.17) is 0 Å². The number of hydrogen-bond donors (Lipinski definition) is 1. The van der Waals surface area contributed by atoms with Crippen molar-refractivity contribution in [1.29, 1.82) is 0 Å². The van der Waals surface area contributed by atoms with Crippen molar-refractivity contribution in [3.8, 4) is 0 Å². The van der Waals surface area contributed by atoms with Crippen molar-refractivity contribution in [3.63, 3.8) is 0 Å². The Morgan fingerprint density at radius 3 is 2.65 bits per heavy atom. The molecule has 17 heavy (non-hydrogen) atoms. The van der Waals surface area contributed by atoms with E-state index < -0.39 is 0 Å². The first-order chi connectivity index (χ1) is 8.01. The molecule has 0 fully saturated rings. The quantitative estimate of drug-likeness (QED) is 0.875. The maximum atomic E-state index is 9.48. The number of thioether (sulfide) groups is 1. The molecule has 0 aliphatic rings. The predicted octanol–water partition coefficient (Wildman–Crippen LogP) is 2.38. The van der Waals surface area contributed by atoms with E-state index in [1.807, 2.05) is 38.7 Å². The molecule has 96 valence electrons. The fourth-order valence-electron chi connectivity index (χ4n) is 1.89. The molecule has 1 aromatic heterocycles. The number of aliphatic hydroxyl groups is 1. The van der Waals surface area contributed by atoms with Crippen LogP contribution in [0.5, 0.6) is 0 Å². The third kappa shape index (κ3) is 3.36. The Bertz CT molecular complexity index is 382. The number of aryl methyl sites for hydroxylation is 2. The molecule has 0 saturated carbocycles. The molecule has 1 heterocycles. The van der Waals surface area contributed by atoms with Crippen molar-refractivity contribution in [2.45, 2.75) is 33.4 Å². The van der Waals surface area contributed by atoms with Gasteiger partial charge in [0.2, 0.25) is 0 Å². The van der Waals surface area contributed by atoms with Gasteiger partial charge in [-0.2, -0.15) is 11.8 Å². The molecule has 1 rings (SSSR count). The van der Waals surface area contributed by atoms with Crippen LogP contribution in [-0.2, 0) is 6.61 Å². The number of aliphatic hydroxyl groups excluding tert-OH is 1. The molecular formula is C13H22N2OS. The Morgan fingerprint density at radius 2 is 2.12 bits per heavy atom. The predicted molar refractivity (Wildman–Crippen MR) is 75.9 cm³/mol. The third-order valence-corrected chi connectivity index (χ3v) is 3.83. The standard InChI is InChI=1S/C13H22N2OS/c1-9-6-10(2)14-13(12(9)7-16)15(4)11(3)8-17-5/h6,11,16H,7-8H2,1-5H3. The van der Waals surface area contributed by atoms with Gasteiger partial charge in [-0.25, -0.2) is 4.98 Å². The van der Waals surface area contributed by atoms with E-state index in [1.165, 1.54) is 0 Å². The second kappa shape index (κ2) is 6.26. The second-order valence-electron chi connectivity index (χ2n) is 4.46. The van der Waals surface area contributed by atoms with Crippen LogP contribution in [0.1, 0.15) is 23.7 Å². The smallest absolute Gasteiger partial charge is 0.134 e. The number of nitrogens with zero attached hydrogens (tertiary/aromatic N) is 2. The first-order valence-electron chi connectivity index (χ1n) is 5.81. The minimum Gasteiger partial charge on any atom is -0.392 e. The van der Waals surface area contributed by atoms with E-state index in [0.717, 1.165) is 28.4 Å². The molecule has 0 radical (unpaired) electrons. The Labute approximate surface area is 108 Å². The summed E-state index contributed by atoms with van der Waals surface area (Å²) < 4.78 is 0. The molecule has 0 aromatic carbocycles. The number of pyridine rings is 1. The first-order valence-corrected chi connectivity index (χ1v) is 7.20. The van der Waals surface area contributed by atoms with Gasteiger partial charge in [-0.1, -0.05) is 0 Å². The summed E-state index contributed by atoms with van der Waals surface area (Å²) >= 11 is 1.82. The molecule has 1 N–H and O–H groups in total. The van der Waals surface area contributed by atoms with Crippen LogP contribution in [0.15, 0.2) is 6.07 Å². The number of rotatable bonds is 5. The first kappa shape index (κ1) is 14.3. The van der Waals surface area contributed by atoms with Crippen molar-refractivity contribution in [3.05, 3.63) is 22.9 Å². The summed E-state index contributed by atoms with van der Waals surface area (Å²) in [4.78, 5) is 6.72. The Balaban J connectivity index is 3.11. The van der Waals surface area contributed by atoms with E-state index in [-0.39, 0.29) is 6.61 Å². The van der Waals surface area contributed by atoms with Gasteiger partial charge in [0.1, 0.15) is 5.82 Å². The summed E-state index contributed by atoms with van der Waals surface area (Å²) in [6.45, 7) is 6.24. The zero-order valence-electron chi connectivity index (χ0n) is 11.3. The molecular weight excluding hydrogens is 232 g/mol. The summed E-state index contributed by atoms with van der Waals surface area (Å²) in [7, 11) is 2.04. The molecule has 3 nitrogen and oxygen atoms in total. The van der Waals surface area contributed by atoms with Crippen molar-refractivity contribution in [2.24, 2.45) is 0 Å². The highest BCUT2D eigenvalue weighted by Crippen LogP contribution is 2.23. The van der Waals surface area contributed by atoms with Gasteiger partial charge < -0.3 is 10.0 Å². The molecule has 0 aliphatic heterocycles. The third-order valence-electron chi connectivity index (χ3n) is 3.01. The van der Waals surface area contributed by atoms with Crippen LogP contribution < -0.4 is 4.90 Å². The summed E-state index contributed by atoms with van der Waals surface area (Å²) in [6.07, 6.45) is 2.10. The fourth-order valence-corrected chi connectivity index (χ4v) is 2.60. The van der Waals surface area contributed by atoms with Crippen LogP contribution >= 0.6 is 11.8 Å². The summed E-state index contributed by atoms with van der Waals surface area (Å²) in [6, 6.07) is 2.42. The minimum atomic E-state index is 0.0464. The van der Waals surface area contributed by atoms with Crippen LogP contribution in [0.25, 0.3) is 0 Å². The van der Waals surface area contributed by atoms with Gasteiger partial charge in [0.25, 0.3) is 0 Å². The van der Waals surface area contributed by atoms with Gasteiger partial charge in [-0.05, 0) is 38.7 Å². The molecule has 1 atom stereocenters. The highest BCUT2D eigenvalue weighted by molar-refractivity contribution is 7.98. The number of hydrogen-bond acceptors (Lipinski definition) is 4. The highest BCUT2D eigenvalue weighted by Gasteiger charge is 2.16. The maximum Gasteiger partial charge on any atom is 0.134 e. The van der Waals surface area contributed by atoms with E-state index in [0.29, 0.717) is 6.04 Å². The van der Waals surface area contributed by atoms with Gasteiger partial charge >= 0.3 is 0 Å². The lowest BCUT2D eigenvalue weighted by atomic mass is 10.1. The van der Waals surface area contributed by atoms with Crippen LogP contribution in [0.3, 0.4) is 0 Å². The topological polar surface area (TPSA) is 36.4 Å². The van der Waals surface area contributed by atoms with Gasteiger partial charge in [0, 0.05) is 30.1 Å². The van der Waals surface area contributed by atoms with Gasteiger partial charge in [0.15, 0.2) is 0 Å². The highest BCUT2D eigenvalue weighted by atomic mass is 32.2. The second-order valence-corrected chi connectivity index (χ2v) is 5.37. The number of aromatic nitrogens is 1. The van der Waals surface area contributed by atoms with Crippen LogP contribution in [0, 0.1) is 13.8 Å². The van der Waals surface area contributed by atoms with E-state index in [2.05, 4.69) is 23.1 Å². The monoisotopic (exact) mass is 254 g/mol. The van der Waals surface area contributed by atoms with Gasteiger partial charge in [0.05, 0.1) is 6.61 Å². The van der Waals surface area contributed by atoms with E-state index in [1.54, 1.807) is 0 Å². The molecule has 0 spiro atoms. The molecule has 0 aliphatic carbocycles. The lowest BCUT2D eigenvalue weighted by Gasteiger charge is -2.28. The zero-order chi connectivity index (χ0) is 13.0. The Kier molecular flexibility index (Phi) is 5.28. The SMILES string of the molecule is CSCC(C)N(C)c1nc(C)cc(C)c1CO. The summed E-state index contributed by atoms with van der Waals surface area (Å²) in [5, 5.41) is 9.48. The largest absolute Gasteiger partial charge is 0.392 e. The van der Waals surface area contributed by atoms with Crippen molar-refractivity contribution in [2.75, 3.05) is 24.0 Å². The van der Waals surface area contributed by atoms with Crippen molar-refractivity contribution < 1.29 is 5.11 Å². The molecule has 0 saturated heterocycles. The fraction of sp³-hybridized carbons (Fsp3) is 0.615. The summed E-state index contributed by atoms with van der Waals surface area (Å²) in [5.74, 6) is 1.96. The minimum absolute atomic E-state index is 0.0464. The van der Waals surface area contributed by atoms with E-state index >= 15 is 0 Å². The number of anilines is 1. The molecule has 1 unspecified atom stereocenters. The normalized spacial score (nSPS) is 12.6. The van der Waals surface area contributed by atoms with Crippen molar-refractivity contribution in [1.82, 2.24) is 4.98 Å². The molecule has 0 amide bonds.